The summed E-state index contributed by atoms with van der Waals surface area (Å²) in [4.78, 5) is 7.31. The smallest absolute Gasteiger partial charge is 0.133 e. The van der Waals surface area contributed by atoms with Gasteiger partial charge in [-0.1, -0.05) is 6.92 Å². The zero-order valence-corrected chi connectivity index (χ0v) is 13.7. The molecular formula is C17H29N3. The highest BCUT2D eigenvalue weighted by atomic mass is 15.2. The molecule has 1 unspecified atom stereocenters. The fourth-order valence-corrected chi connectivity index (χ4v) is 2.72. The molecule has 1 atom stereocenters. The third kappa shape index (κ3) is 3.51. The lowest BCUT2D eigenvalue weighted by atomic mass is 10.1. The van der Waals surface area contributed by atoms with E-state index in [9.17, 15) is 0 Å². The van der Waals surface area contributed by atoms with Gasteiger partial charge in [0.2, 0.25) is 0 Å². The van der Waals surface area contributed by atoms with Crippen LogP contribution in [0.15, 0.2) is 6.07 Å². The summed E-state index contributed by atoms with van der Waals surface area (Å²) in [6, 6.07) is 3.48. The Hall–Kier alpha value is -1.09. The molecule has 0 amide bonds. The third-order valence-electron chi connectivity index (χ3n) is 4.33. The number of nitrogens with zero attached hydrogens (tertiary/aromatic N) is 2. The van der Waals surface area contributed by atoms with Gasteiger partial charge in [-0.15, -0.1) is 0 Å². The molecule has 1 aliphatic rings. The average Bonchev–Trinajstić information content (AvgIpc) is 3.22. The molecule has 0 radical (unpaired) electrons. The van der Waals surface area contributed by atoms with E-state index >= 15 is 0 Å². The Labute approximate surface area is 123 Å². The Morgan fingerprint density at radius 3 is 2.60 bits per heavy atom. The van der Waals surface area contributed by atoms with E-state index in [1.54, 1.807) is 0 Å². The van der Waals surface area contributed by atoms with Gasteiger partial charge in [0.05, 0.1) is 0 Å². The molecule has 0 saturated heterocycles. The molecule has 1 aromatic rings. The lowest BCUT2D eigenvalue weighted by Gasteiger charge is -2.31. The van der Waals surface area contributed by atoms with Crippen LogP contribution >= 0.6 is 0 Å². The van der Waals surface area contributed by atoms with E-state index in [-0.39, 0.29) is 0 Å². The van der Waals surface area contributed by atoms with E-state index in [1.807, 2.05) is 0 Å². The van der Waals surface area contributed by atoms with Crippen LogP contribution in [0.3, 0.4) is 0 Å². The molecule has 112 valence electrons. The number of nitrogens with one attached hydrogen (secondary N) is 1. The van der Waals surface area contributed by atoms with Gasteiger partial charge in [0.25, 0.3) is 0 Å². The van der Waals surface area contributed by atoms with Crippen molar-refractivity contribution in [1.29, 1.82) is 0 Å². The van der Waals surface area contributed by atoms with Crippen molar-refractivity contribution in [2.75, 3.05) is 11.4 Å². The predicted molar refractivity (Wildman–Crippen MR) is 86.3 cm³/mol. The first-order valence-corrected chi connectivity index (χ1v) is 8.03. The standard InChI is InChI=1S/C17H29N3/c1-6-14(5)20(7-2)17-16(11-18-15-8-9-15)12(3)10-13(4)19-17/h10,14-15,18H,6-9,11H2,1-5H3. The van der Waals surface area contributed by atoms with Crippen molar-refractivity contribution < 1.29 is 0 Å². The number of rotatable bonds is 7. The fraction of sp³-hybridized carbons (Fsp3) is 0.706. The van der Waals surface area contributed by atoms with Crippen molar-refractivity contribution in [3.8, 4) is 0 Å². The second-order valence-electron chi connectivity index (χ2n) is 6.08. The van der Waals surface area contributed by atoms with Crippen LogP contribution in [-0.4, -0.2) is 23.6 Å². The molecule has 1 saturated carbocycles. The van der Waals surface area contributed by atoms with Crippen LogP contribution in [-0.2, 0) is 6.54 Å². The quantitative estimate of drug-likeness (QED) is 0.824. The van der Waals surface area contributed by atoms with Crippen LogP contribution in [0, 0.1) is 13.8 Å². The topological polar surface area (TPSA) is 28.2 Å². The molecule has 0 aromatic carbocycles. The van der Waals surface area contributed by atoms with Gasteiger partial charge in [-0.3, -0.25) is 0 Å². The van der Waals surface area contributed by atoms with Crippen LogP contribution in [0.4, 0.5) is 5.82 Å². The molecule has 1 heterocycles. The number of anilines is 1. The zero-order valence-electron chi connectivity index (χ0n) is 13.7. The SMILES string of the molecule is CCC(C)N(CC)c1nc(C)cc(C)c1CNC1CC1. The van der Waals surface area contributed by atoms with Crippen molar-refractivity contribution >= 4 is 5.82 Å². The molecule has 0 bridgehead atoms. The second-order valence-corrected chi connectivity index (χ2v) is 6.08. The van der Waals surface area contributed by atoms with Crippen molar-refractivity contribution in [2.24, 2.45) is 0 Å². The van der Waals surface area contributed by atoms with Crippen LogP contribution < -0.4 is 10.2 Å². The molecule has 0 spiro atoms. The lowest BCUT2D eigenvalue weighted by molar-refractivity contribution is 0.611. The lowest BCUT2D eigenvalue weighted by Crippen LogP contribution is -2.35. The van der Waals surface area contributed by atoms with Gasteiger partial charge in [-0.2, -0.15) is 0 Å². The molecule has 3 heteroatoms. The number of pyridine rings is 1. The van der Waals surface area contributed by atoms with E-state index in [2.05, 4.69) is 50.9 Å². The molecule has 0 aliphatic heterocycles. The molecule has 1 N–H and O–H groups in total. The molecule has 1 aromatic heterocycles. The van der Waals surface area contributed by atoms with Crippen LogP contribution in [0.5, 0.6) is 0 Å². The highest BCUT2D eigenvalue weighted by Gasteiger charge is 2.23. The van der Waals surface area contributed by atoms with Gasteiger partial charge in [0.1, 0.15) is 5.82 Å². The number of hydrogen-bond donors (Lipinski definition) is 1. The maximum Gasteiger partial charge on any atom is 0.133 e. The second kappa shape index (κ2) is 6.57. The van der Waals surface area contributed by atoms with Crippen LogP contribution in [0.2, 0.25) is 0 Å². The Balaban J connectivity index is 2.31. The van der Waals surface area contributed by atoms with Gasteiger partial charge in [0, 0.05) is 36.4 Å². The maximum atomic E-state index is 4.86. The number of aromatic nitrogens is 1. The first-order valence-electron chi connectivity index (χ1n) is 8.03. The van der Waals surface area contributed by atoms with Gasteiger partial charge in [-0.05, 0) is 58.6 Å². The van der Waals surface area contributed by atoms with Crippen molar-refractivity contribution in [1.82, 2.24) is 10.3 Å². The van der Waals surface area contributed by atoms with Crippen molar-refractivity contribution in [3.63, 3.8) is 0 Å². The van der Waals surface area contributed by atoms with Gasteiger partial charge in [0.15, 0.2) is 0 Å². The normalized spacial score (nSPS) is 16.2. The van der Waals surface area contributed by atoms with E-state index in [0.29, 0.717) is 6.04 Å². The average molecular weight is 275 g/mol. The Kier molecular flexibility index (Phi) is 5.03. The van der Waals surface area contributed by atoms with Crippen LogP contribution in [0.1, 0.15) is 56.9 Å². The van der Waals surface area contributed by atoms with Gasteiger partial charge >= 0.3 is 0 Å². The minimum Gasteiger partial charge on any atom is -0.354 e. The third-order valence-corrected chi connectivity index (χ3v) is 4.33. The molecule has 2 rings (SSSR count). The molecule has 1 aliphatic carbocycles. The van der Waals surface area contributed by atoms with Crippen molar-refractivity contribution in [3.05, 3.63) is 22.9 Å². The highest BCUT2D eigenvalue weighted by Crippen LogP contribution is 2.27. The largest absolute Gasteiger partial charge is 0.354 e. The summed E-state index contributed by atoms with van der Waals surface area (Å²) in [5.74, 6) is 1.19. The summed E-state index contributed by atoms with van der Waals surface area (Å²) in [6.07, 6.45) is 3.81. The summed E-state index contributed by atoms with van der Waals surface area (Å²) >= 11 is 0. The molecular weight excluding hydrogens is 246 g/mol. The Morgan fingerprint density at radius 2 is 2.05 bits per heavy atom. The van der Waals surface area contributed by atoms with E-state index in [0.717, 1.165) is 31.2 Å². The predicted octanol–water partition coefficient (Wildman–Crippen LogP) is 3.58. The minimum atomic E-state index is 0.536. The molecule has 20 heavy (non-hydrogen) atoms. The first-order chi connectivity index (χ1) is 9.56. The summed E-state index contributed by atoms with van der Waals surface area (Å²) in [6.45, 7) is 13.0. The fourth-order valence-electron chi connectivity index (χ4n) is 2.72. The highest BCUT2D eigenvalue weighted by molar-refractivity contribution is 5.52. The zero-order chi connectivity index (χ0) is 14.7. The maximum absolute atomic E-state index is 4.86. The Bertz CT molecular complexity index is 452. The first kappa shape index (κ1) is 15.3. The van der Waals surface area contributed by atoms with E-state index in [1.165, 1.54) is 29.8 Å². The van der Waals surface area contributed by atoms with E-state index < -0.39 is 0 Å². The Morgan fingerprint density at radius 1 is 1.35 bits per heavy atom. The summed E-state index contributed by atoms with van der Waals surface area (Å²) in [5, 5.41) is 3.64. The summed E-state index contributed by atoms with van der Waals surface area (Å²) in [5.41, 5.74) is 3.86. The van der Waals surface area contributed by atoms with Crippen molar-refractivity contribution in [2.45, 2.75) is 72.5 Å². The van der Waals surface area contributed by atoms with Crippen LogP contribution in [0.25, 0.3) is 0 Å². The number of aryl methyl sites for hydroxylation is 2. The van der Waals surface area contributed by atoms with E-state index in [4.69, 9.17) is 4.98 Å². The number of hydrogen-bond acceptors (Lipinski definition) is 3. The summed E-state index contributed by atoms with van der Waals surface area (Å²) in [7, 11) is 0. The molecule has 3 nitrogen and oxygen atoms in total. The monoisotopic (exact) mass is 275 g/mol. The van der Waals surface area contributed by atoms with Gasteiger partial charge < -0.3 is 10.2 Å². The summed E-state index contributed by atoms with van der Waals surface area (Å²) < 4.78 is 0. The minimum absolute atomic E-state index is 0.536. The molecule has 1 fully saturated rings. The van der Waals surface area contributed by atoms with Gasteiger partial charge in [-0.25, -0.2) is 4.98 Å².